The molecule has 2 aliphatic heterocycles. The molecule has 0 radical (unpaired) electrons. The van der Waals surface area contributed by atoms with Crippen LogP contribution in [-0.4, -0.2) is 46.0 Å². The van der Waals surface area contributed by atoms with E-state index in [1.165, 1.54) is 11.3 Å². The third kappa shape index (κ3) is 2.66. The summed E-state index contributed by atoms with van der Waals surface area (Å²) in [6.07, 6.45) is 0.206. The lowest BCUT2D eigenvalue weighted by Gasteiger charge is -2.29. The Bertz CT molecular complexity index is 331. The standard InChI is InChI=1S/C14H20N2O2/c1-3-13(16-6-9-17-10-7-16)4-2-12(1)14-11-15-5-8-18-14/h1-4,14-15H,5-11H2. The Kier molecular flexibility index (Phi) is 3.78. The van der Waals surface area contributed by atoms with E-state index in [4.69, 9.17) is 9.47 Å². The molecule has 0 aromatic heterocycles. The first-order valence-electron chi connectivity index (χ1n) is 6.68. The zero-order valence-corrected chi connectivity index (χ0v) is 10.6. The van der Waals surface area contributed by atoms with Gasteiger partial charge in [0, 0.05) is 31.9 Å². The zero-order chi connectivity index (χ0) is 12.2. The van der Waals surface area contributed by atoms with Crippen molar-refractivity contribution in [1.29, 1.82) is 0 Å². The van der Waals surface area contributed by atoms with E-state index in [1.807, 2.05) is 0 Å². The minimum atomic E-state index is 0.206. The summed E-state index contributed by atoms with van der Waals surface area (Å²) in [4.78, 5) is 2.37. The molecule has 1 aromatic rings. The largest absolute Gasteiger partial charge is 0.378 e. The SMILES string of the molecule is c1cc(N2CCOCC2)ccc1C1CNCCO1. The summed E-state index contributed by atoms with van der Waals surface area (Å²) < 4.78 is 11.1. The molecule has 18 heavy (non-hydrogen) atoms. The second-order valence-electron chi connectivity index (χ2n) is 4.75. The van der Waals surface area contributed by atoms with Crippen molar-refractivity contribution in [3.63, 3.8) is 0 Å². The maximum Gasteiger partial charge on any atom is 0.0949 e. The molecule has 1 atom stereocenters. The normalized spacial score (nSPS) is 25.1. The average Bonchev–Trinajstić information content (AvgIpc) is 2.49. The Morgan fingerprint density at radius 3 is 2.50 bits per heavy atom. The van der Waals surface area contributed by atoms with E-state index < -0.39 is 0 Å². The van der Waals surface area contributed by atoms with E-state index >= 15 is 0 Å². The number of nitrogens with zero attached hydrogens (tertiary/aromatic N) is 1. The number of nitrogens with one attached hydrogen (secondary N) is 1. The Morgan fingerprint density at radius 2 is 1.83 bits per heavy atom. The summed E-state index contributed by atoms with van der Waals surface area (Å²) in [5.41, 5.74) is 2.55. The topological polar surface area (TPSA) is 33.7 Å². The number of hydrogen-bond acceptors (Lipinski definition) is 4. The van der Waals surface area contributed by atoms with Gasteiger partial charge in [0.05, 0.1) is 25.9 Å². The van der Waals surface area contributed by atoms with E-state index in [2.05, 4.69) is 34.5 Å². The van der Waals surface area contributed by atoms with Crippen LogP contribution >= 0.6 is 0 Å². The number of hydrogen-bond donors (Lipinski definition) is 1. The van der Waals surface area contributed by atoms with Gasteiger partial charge in [-0.15, -0.1) is 0 Å². The predicted molar refractivity (Wildman–Crippen MR) is 71.0 cm³/mol. The quantitative estimate of drug-likeness (QED) is 0.852. The van der Waals surface area contributed by atoms with Gasteiger partial charge in [-0.1, -0.05) is 12.1 Å². The lowest BCUT2D eigenvalue weighted by Crippen LogP contribution is -2.36. The van der Waals surface area contributed by atoms with E-state index in [0.717, 1.165) is 46.0 Å². The number of rotatable bonds is 2. The molecule has 98 valence electrons. The summed E-state index contributed by atoms with van der Waals surface area (Å²) >= 11 is 0. The average molecular weight is 248 g/mol. The molecule has 0 aliphatic carbocycles. The van der Waals surface area contributed by atoms with Crippen molar-refractivity contribution in [1.82, 2.24) is 5.32 Å². The molecular formula is C14H20N2O2. The monoisotopic (exact) mass is 248 g/mol. The van der Waals surface area contributed by atoms with Crippen LogP contribution in [0.2, 0.25) is 0 Å². The molecule has 2 saturated heterocycles. The van der Waals surface area contributed by atoms with Crippen LogP contribution in [-0.2, 0) is 9.47 Å². The molecule has 0 spiro atoms. The van der Waals surface area contributed by atoms with Gasteiger partial charge in [-0.25, -0.2) is 0 Å². The van der Waals surface area contributed by atoms with Gasteiger partial charge in [0.1, 0.15) is 0 Å². The highest BCUT2D eigenvalue weighted by Gasteiger charge is 2.16. The number of ether oxygens (including phenoxy) is 2. The Balaban J connectivity index is 1.67. The van der Waals surface area contributed by atoms with Gasteiger partial charge in [0.15, 0.2) is 0 Å². The molecule has 3 rings (SSSR count). The predicted octanol–water partition coefficient (Wildman–Crippen LogP) is 1.18. The Hall–Kier alpha value is -1.10. The molecule has 0 saturated carbocycles. The summed E-state index contributed by atoms with van der Waals surface area (Å²) in [7, 11) is 0. The van der Waals surface area contributed by atoms with Crippen molar-refractivity contribution < 1.29 is 9.47 Å². The van der Waals surface area contributed by atoms with Gasteiger partial charge in [0.2, 0.25) is 0 Å². The van der Waals surface area contributed by atoms with Gasteiger partial charge in [-0.05, 0) is 17.7 Å². The van der Waals surface area contributed by atoms with Gasteiger partial charge in [-0.2, -0.15) is 0 Å². The first kappa shape index (κ1) is 12.0. The summed E-state index contributed by atoms with van der Waals surface area (Å²) in [5, 5.41) is 3.36. The Labute approximate surface area is 108 Å². The van der Waals surface area contributed by atoms with Gasteiger partial charge in [-0.3, -0.25) is 0 Å². The maximum atomic E-state index is 5.75. The van der Waals surface area contributed by atoms with Crippen molar-refractivity contribution in [2.45, 2.75) is 6.10 Å². The second-order valence-corrected chi connectivity index (χ2v) is 4.75. The highest BCUT2D eigenvalue weighted by Crippen LogP contribution is 2.22. The molecule has 1 unspecified atom stereocenters. The minimum Gasteiger partial charge on any atom is -0.378 e. The van der Waals surface area contributed by atoms with Crippen LogP contribution in [0.5, 0.6) is 0 Å². The molecular weight excluding hydrogens is 228 g/mol. The second kappa shape index (κ2) is 5.69. The Morgan fingerprint density at radius 1 is 1.06 bits per heavy atom. The molecule has 0 bridgehead atoms. The molecule has 2 heterocycles. The molecule has 1 aromatic carbocycles. The van der Waals surface area contributed by atoms with Gasteiger partial charge < -0.3 is 19.7 Å². The number of anilines is 1. The van der Waals surface area contributed by atoms with Crippen LogP contribution in [0.1, 0.15) is 11.7 Å². The third-order valence-electron chi connectivity index (χ3n) is 3.57. The molecule has 0 amide bonds. The van der Waals surface area contributed by atoms with E-state index in [-0.39, 0.29) is 6.10 Å². The van der Waals surface area contributed by atoms with Crippen LogP contribution in [0.3, 0.4) is 0 Å². The van der Waals surface area contributed by atoms with Crippen LogP contribution < -0.4 is 10.2 Å². The van der Waals surface area contributed by atoms with Gasteiger partial charge in [0.25, 0.3) is 0 Å². The minimum absolute atomic E-state index is 0.206. The molecule has 4 nitrogen and oxygen atoms in total. The fourth-order valence-electron chi connectivity index (χ4n) is 2.50. The van der Waals surface area contributed by atoms with Crippen LogP contribution in [0, 0.1) is 0 Å². The van der Waals surface area contributed by atoms with Gasteiger partial charge >= 0.3 is 0 Å². The fraction of sp³-hybridized carbons (Fsp3) is 0.571. The van der Waals surface area contributed by atoms with Crippen LogP contribution in [0.4, 0.5) is 5.69 Å². The lowest BCUT2D eigenvalue weighted by molar-refractivity contribution is 0.0277. The molecule has 2 aliphatic rings. The number of morpholine rings is 2. The number of benzene rings is 1. The van der Waals surface area contributed by atoms with E-state index in [9.17, 15) is 0 Å². The lowest BCUT2D eigenvalue weighted by atomic mass is 10.1. The highest BCUT2D eigenvalue weighted by molar-refractivity contribution is 5.48. The first-order chi connectivity index (χ1) is 8.93. The molecule has 2 fully saturated rings. The summed E-state index contributed by atoms with van der Waals surface area (Å²) in [6.45, 7) is 6.31. The van der Waals surface area contributed by atoms with Crippen LogP contribution in [0.25, 0.3) is 0 Å². The van der Waals surface area contributed by atoms with E-state index in [1.54, 1.807) is 0 Å². The van der Waals surface area contributed by atoms with Crippen molar-refractivity contribution in [2.75, 3.05) is 50.9 Å². The van der Waals surface area contributed by atoms with Crippen molar-refractivity contribution in [2.24, 2.45) is 0 Å². The first-order valence-corrected chi connectivity index (χ1v) is 6.68. The molecule has 4 heteroatoms. The molecule has 1 N–H and O–H groups in total. The smallest absolute Gasteiger partial charge is 0.0949 e. The van der Waals surface area contributed by atoms with Crippen molar-refractivity contribution in [3.8, 4) is 0 Å². The summed E-state index contributed by atoms with van der Waals surface area (Å²) in [6, 6.07) is 8.75. The van der Waals surface area contributed by atoms with Crippen molar-refractivity contribution >= 4 is 5.69 Å². The van der Waals surface area contributed by atoms with Crippen molar-refractivity contribution in [3.05, 3.63) is 29.8 Å². The third-order valence-corrected chi connectivity index (χ3v) is 3.57. The maximum absolute atomic E-state index is 5.75. The highest BCUT2D eigenvalue weighted by atomic mass is 16.5. The fourth-order valence-corrected chi connectivity index (χ4v) is 2.50. The zero-order valence-electron chi connectivity index (χ0n) is 10.6. The van der Waals surface area contributed by atoms with E-state index in [0.29, 0.717) is 0 Å². The summed E-state index contributed by atoms with van der Waals surface area (Å²) in [5.74, 6) is 0. The van der Waals surface area contributed by atoms with Crippen LogP contribution in [0.15, 0.2) is 24.3 Å².